The number of rotatable bonds is 2. The average molecular weight is 289 g/mol. The predicted molar refractivity (Wildman–Crippen MR) is 76.7 cm³/mol. The fraction of sp³-hybridized carbons (Fsp3) is 0.133. The maximum Gasteiger partial charge on any atom is 0.206 e. The summed E-state index contributed by atoms with van der Waals surface area (Å²) in [5, 5.41) is 0. The van der Waals surface area contributed by atoms with Crippen molar-refractivity contribution in [1.82, 2.24) is 9.55 Å². The van der Waals surface area contributed by atoms with Crippen LogP contribution in [0.3, 0.4) is 0 Å². The molecule has 3 aromatic rings. The van der Waals surface area contributed by atoms with Crippen LogP contribution in [0.1, 0.15) is 5.56 Å². The molecule has 21 heavy (non-hydrogen) atoms. The molecule has 1 heterocycles. The minimum atomic E-state index is -0.966. The summed E-state index contributed by atoms with van der Waals surface area (Å²) in [7, 11) is 1.56. The van der Waals surface area contributed by atoms with Crippen molar-refractivity contribution in [2.45, 2.75) is 6.92 Å². The third-order valence-corrected chi connectivity index (χ3v) is 3.38. The molecule has 0 bridgehead atoms. The molecule has 4 nitrogen and oxygen atoms in total. The minimum Gasteiger partial charge on any atom is -0.497 e. The van der Waals surface area contributed by atoms with Gasteiger partial charge in [-0.3, -0.25) is 4.57 Å². The quantitative estimate of drug-likeness (QED) is 0.788. The maximum absolute atomic E-state index is 14.1. The lowest BCUT2D eigenvalue weighted by Crippen LogP contribution is -2.04. The lowest BCUT2D eigenvalue weighted by atomic mass is 10.2. The van der Waals surface area contributed by atoms with E-state index in [2.05, 4.69) is 4.98 Å². The molecular weight excluding hydrogens is 276 g/mol. The highest BCUT2D eigenvalue weighted by Gasteiger charge is 2.18. The summed E-state index contributed by atoms with van der Waals surface area (Å²) in [6, 6.07) is 7.69. The number of benzene rings is 2. The van der Waals surface area contributed by atoms with Crippen molar-refractivity contribution in [2.75, 3.05) is 12.8 Å². The third-order valence-electron chi connectivity index (χ3n) is 3.38. The zero-order valence-corrected chi connectivity index (χ0v) is 11.5. The van der Waals surface area contributed by atoms with Crippen molar-refractivity contribution < 1.29 is 13.5 Å². The number of aromatic nitrogens is 2. The second-order valence-corrected chi connectivity index (χ2v) is 4.69. The summed E-state index contributed by atoms with van der Waals surface area (Å²) < 4.78 is 34.2. The van der Waals surface area contributed by atoms with Crippen LogP contribution in [0.2, 0.25) is 0 Å². The van der Waals surface area contributed by atoms with Gasteiger partial charge in [0.05, 0.1) is 18.3 Å². The number of halogens is 2. The van der Waals surface area contributed by atoms with Crippen molar-refractivity contribution in [1.29, 1.82) is 0 Å². The van der Waals surface area contributed by atoms with Crippen LogP contribution in [0.15, 0.2) is 30.3 Å². The molecule has 2 N–H and O–H groups in total. The van der Waals surface area contributed by atoms with Gasteiger partial charge in [0.1, 0.15) is 11.3 Å². The third kappa shape index (κ3) is 1.99. The Bertz CT molecular complexity index is 843. The van der Waals surface area contributed by atoms with Crippen LogP contribution in [0.25, 0.3) is 16.7 Å². The first kappa shape index (κ1) is 13.4. The number of anilines is 1. The zero-order chi connectivity index (χ0) is 15.1. The minimum absolute atomic E-state index is 0.0285. The fourth-order valence-electron chi connectivity index (χ4n) is 2.37. The Hall–Kier alpha value is -2.63. The first-order chi connectivity index (χ1) is 10.0. The highest BCUT2D eigenvalue weighted by molar-refractivity contribution is 5.82. The normalized spacial score (nSPS) is 11.0. The molecular formula is C15H13F2N3O. The van der Waals surface area contributed by atoms with E-state index < -0.39 is 11.6 Å². The summed E-state index contributed by atoms with van der Waals surface area (Å²) in [6.07, 6.45) is 0. The van der Waals surface area contributed by atoms with Crippen LogP contribution < -0.4 is 10.5 Å². The van der Waals surface area contributed by atoms with Gasteiger partial charge in [-0.2, -0.15) is 0 Å². The molecule has 0 amide bonds. The summed E-state index contributed by atoms with van der Waals surface area (Å²) in [5.74, 6) is -1.13. The Morgan fingerprint density at radius 3 is 2.62 bits per heavy atom. The number of nitrogen functional groups attached to an aromatic ring is 1. The van der Waals surface area contributed by atoms with Gasteiger partial charge in [0.25, 0.3) is 0 Å². The molecule has 0 saturated heterocycles. The number of fused-ring (bicyclic) bond motifs is 1. The Balaban J connectivity index is 2.34. The van der Waals surface area contributed by atoms with E-state index in [1.54, 1.807) is 25.3 Å². The molecule has 0 radical (unpaired) electrons. The van der Waals surface area contributed by atoms with Gasteiger partial charge in [-0.15, -0.1) is 0 Å². The summed E-state index contributed by atoms with van der Waals surface area (Å²) >= 11 is 0. The molecule has 0 aliphatic rings. The Morgan fingerprint density at radius 2 is 1.95 bits per heavy atom. The number of aryl methyl sites for hydroxylation is 1. The van der Waals surface area contributed by atoms with Crippen LogP contribution in [0, 0.1) is 18.6 Å². The summed E-state index contributed by atoms with van der Waals surface area (Å²) in [6.45, 7) is 1.83. The van der Waals surface area contributed by atoms with Crippen LogP contribution >= 0.6 is 0 Å². The second-order valence-electron chi connectivity index (χ2n) is 4.69. The smallest absolute Gasteiger partial charge is 0.206 e. The molecule has 3 rings (SSSR count). The first-order valence-electron chi connectivity index (χ1n) is 6.30. The standard InChI is InChI=1S/C15H13F2N3O/c1-8-7-9(21-2)3-6-12(8)20-14-11(19-15(20)18)5-4-10(16)13(14)17/h3-7H,1-2H3,(H2,18,19). The molecule has 0 aliphatic carbocycles. The Labute approximate surface area is 119 Å². The Morgan fingerprint density at radius 1 is 1.19 bits per heavy atom. The van der Waals surface area contributed by atoms with E-state index in [0.717, 1.165) is 11.6 Å². The van der Waals surface area contributed by atoms with E-state index in [0.29, 0.717) is 17.0 Å². The van der Waals surface area contributed by atoms with Crippen molar-refractivity contribution in [3.05, 3.63) is 47.5 Å². The largest absolute Gasteiger partial charge is 0.497 e. The summed E-state index contributed by atoms with van der Waals surface area (Å²) in [4.78, 5) is 4.08. The van der Waals surface area contributed by atoms with Crippen LogP contribution in [-0.2, 0) is 0 Å². The second kappa shape index (κ2) is 4.73. The fourth-order valence-corrected chi connectivity index (χ4v) is 2.37. The average Bonchev–Trinajstić information content (AvgIpc) is 2.80. The van der Waals surface area contributed by atoms with E-state index in [9.17, 15) is 8.78 Å². The van der Waals surface area contributed by atoms with Gasteiger partial charge in [0.2, 0.25) is 5.95 Å². The van der Waals surface area contributed by atoms with Gasteiger partial charge in [-0.05, 0) is 42.8 Å². The molecule has 2 aromatic carbocycles. The molecule has 0 aliphatic heterocycles. The van der Waals surface area contributed by atoms with E-state index in [1.807, 2.05) is 6.92 Å². The lowest BCUT2D eigenvalue weighted by molar-refractivity contribution is 0.414. The van der Waals surface area contributed by atoms with Crippen molar-refractivity contribution in [3.8, 4) is 11.4 Å². The molecule has 1 aromatic heterocycles. The molecule has 0 fully saturated rings. The number of hydrogen-bond donors (Lipinski definition) is 1. The van der Waals surface area contributed by atoms with Crippen molar-refractivity contribution in [2.24, 2.45) is 0 Å². The predicted octanol–water partition coefficient (Wildman–Crippen LogP) is 3.20. The van der Waals surface area contributed by atoms with E-state index in [1.165, 1.54) is 10.6 Å². The van der Waals surface area contributed by atoms with Crippen LogP contribution in [-0.4, -0.2) is 16.7 Å². The Kier molecular flexibility index (Phi) is 3.01. The van der Waals surface area contributed by atoms with Gasteiger partial charge < -0.3 is 10.5 Å². The number of methoxy groups -OCH3 is 1. The maximum atomic E-state index is 14.1. The lowest BCUT2D eigenvalue weighted by Gasteiger charge is -2.12. The zero-order valence-electron chi connectivity index (χ0n) is 11.5. The molecule has 0 atom stereocenters. The van der Waals surface area contributed by atoms with Crippen LogP contribution in [0.4, 0.5) is 14.7 Å². The molecule has 6 heteroatoms. The van der Waals surface area contributed by atoms with Gasteiger partial charge in [0.15, 0.2) is 11.6 Å². The van der Waals surface area contributed by atoms with Crippen molar-refractivity contribution >= 4 is 17.0 Å². The first-order valence-corrected chi connectivity index (χ1v) is 6.30. The monoisotopic (exact) mass is 289 g/mol. The molecule has 0 saturated carbocycles. The number of imidazole rings is 1. The highest BCUT2D eigenvalue weighted by atomic mass is 19.2. The van der Waals surface area contributed by atoms with Gasteiger partial charge in [-0.25, -0.2) is 13.8 Å². The van der Waals surface area contributed by atoms with E-state index in [-0.39, 0.29) is 11.5 Å². The molecule has 0 unspecified atom stereocenters. The highest BCUT2D eigenvalue weighted by Crippen LogP contribution is 2.29. The molecule has 0 spiro atoms. The number of nitrogens with two attached hydrogens (primary N) is 1. The summed E-state index contributed by atoms with van der Waals surface area (Å²) in [5.41, 5.74) is 7.65. The number of hydrogen-bond acceptors (Lipinski definition) is 3. The number of nitrogens with zero attached hydrogens (tertiary/aromatic N) is 2. The van der Waals surface area contributed by atoms with E-state index in [4.69, 9.17) is 10.5 Å². The van der Waals surface area contributed by atoms with Crippen molar-refractivity contribution in [3.63, 3.8) is 0 Å². The van der Waals surface area contributed by atoms with Gasteiger partial charge in [0, 0.05) is 0 Å². The SMILES string of the molecule is COc1ccc(-n2c(N)nc3ccc(F)c(F)c32)c(C)c1. The van der Waals surface area contributed by atoms with Crippen LogP contribution in [0.5, 0.6) is 5.75 Å². The van der Waals surface area contributed by atoms with Gasteiger partial charge in [-0.1, -0.05) is 0 Å². The van der Waals surface area contributed by atoms with Gasteiger partial charge >= 0.3 is 0 Å². The number of ether oxygens (including phenoxy) is 1. The molecule has 108 valence electrons. The topological polar surface area (TPSA) is 53.1 Å². The van der Waals surface area contributed by atoms with E-state index >= 15 is 0 Å².